The van der Waals surface area contributed by atoms with Gasteiger partial charge in [0.05, 0.1) is 0 Å². The molecule has 0 amide bonds. The largest absolute Gasteiger partial charge is 0.350 e. The standard InChI is InChI=1S/C9H15N3O2/c1-12(2)9-10-6-5-7(11-9)8(13-3)14-4/h5-6,8H,1-4H3. The van der Waals surface area contributed by atoms with E-state index < -0.39 is 6.29 Å². The second kappa shape index (κ2) is 4.88. The van der Waals surface area contributed by atoms with Gasteiger partial charge in [0, 0.05) is 34.5 Å². The number of rotatable bonds is 4. The minimum absolute atomic E-state index is 0.434. The average Bonchev–Trinajstić information content (AvgIpc) is 2.20. The fourth-order valence-electron chi connectivity index (χ4n) is 1.05. The van der Waals surface area contributed by atoms with Gasteiger partial charge in [-0.3, -0.25) is 0 Å². The van der Waals surface area contributed by atoms with Crippen LogP contribution in [0.4, 0.5) is 5.95 Å². The molecule has 5 nitrogen and oxygen atoms in total. The maximum atomic E-state index is 5.09. The molecule has 78 valence electrons. The number of nitrogens with zero attached hydrogens (tertiary/aromatic N) is 3. The maximum Gasteiger partial charge on any atom is 0.225 e. The van der Waals surface area contributed by atoms with Crippen molar-refractivity contribution in [1.82, 2.24) is 9.97 Å². The molecule has 0 saturated heterocycles. The first-order chi connectivity index (χ1) is 6.69. The quantitative estimate of drug-likeness (QED) is 0.669. The van der Waals surface area contributed by atoms with E-state index in [9.17, 15) is 0 Å². The summed E-state index contributed by atoms with van der Waals surface area (Å²) in [5.41, 5.74) is 0.716. The summed E-state index contributed by atoms with van der Waals surface area (Å²) in [7, 11) is 6.92. The molecule has 0 spiro atoms. The third-order valence-corrected chi connectivity index (χ3v) is 1.73. The fourth-order valence-corrected chi connectivity index (χ4v) is 1.05. The van der Waals surface area contributed by atoms with Crippen molar-refractivity contribution in [2.45, 2.75) is 6.29 Å². The van der Waals surface area contributed by atoms with Crippen LogP contribution >= 0.6 is 0 Å². The first-order valence-corrected chi connectivity index (χ1v) is 4.25. The summed E-state index contributed by atoms with van der Waals surface area (Å²) in [4.78, 5) is 10.2. The van der Waals surface area contributed by atoms with Crippen molar-refractivity contribution in [2.75, 3.05) is 33.2 Å². The molecule has 5 heteroatoms. The molecule has 0 atom stereocenters. The third-order valence-electron chi connectivity index (χ3n) is 1.73. The monoisotopic (exact) mass is 197 g/mol. The van der Waals surface area contributed by atoms with Crippen LogP contribution in [0.25, 0.3) is 0 Å². The third kappa shape index (κ3) is 2.40. The van der Waals surface area contributed by atoms with Crippen molar-refractivity contribution in [3.63, 3.8) is 0 Å². The van der Waals surface area contributed by atoms with Crippen molar-refractivity contribution in [2.24, 2.45) is 0 Å². The lowest BCUT2D eigenvalue weighted by atomic mass is 10.4. The number of anilines is 1. The highest BCUT2D eigenvalue weighted by Crippen LogP contribution is 2.15. The van der Waals surface area contributed by atoms with E-state index in [2.05, 4.69) is 9.97 Å². The summed E-state index contributed by atoms with van der Waals surface area (Å²) in [6, 6.07) is 1.77. The second-order valence-electron chi connectivity index (χ2n) is 2.98. The van der Waals surface area contributed by atoms with Crippen LogP contribution in [0.2, 0.25) is 0 Å². The van der Waals surface area contributed by atoms with Crippen LogP contribution in [0.1, 0.15) is 12.0 Å². The Morgan fingerprint density at radius 1 is 1.29 bits per heavy atom. The molecular weight excluding hydrogens is 182 g/mol. The maximum absolute atomic E-state index is 5.09. The van der Waals surface area contributed by atoms with E-state index in [0.29, 0.717) is 11.6 Å². The Morgan fingerprint density at radius 2 is 1.93 bits per heavy atom. The number of hydrogen-bond acceptors (Lipinski definition) is 5. The molecule has 0 aromatic carbocycles. The van der Waals surface area contributed by atoms with E-state index in [1.165, 1.54) is 0 Å². The van der Waals surface area contributed by atoms with Crippen molar-refractivity contribution >= 4 is 5.95 Å². The highest BCUT2D eigenvalue weighted by molar-refractivity contribution is 5.27. The molecule has 0 aliphatic heterocycles. The van der Waals surface area contributed by atoms with Gasteiger partial charge in [0.15, 0.2) is 0 Å². The van der Waals surface area contributed by atoms with Crippen LogP contribution in [0.15, 0.2) is 12.3 Å². The van der Waals surface area contributed by atoms with Crippen molar-refractivity contribution in [1.29, 1.82) is 0 Å². The van der Waals surface area contributed by atoms with E-state index in [1.807, 2.05) is 19.0 Å². The van der Waals surface area contributed by atoms with E-state index >= 15 is 0 Å². The fraction of sp³-hybridized carbons (Fsp3) is 0.556. The SMILES string of the molecule is COC(OC)c1ccnc(N(C)C)n1. The van der Waals surface area contributed by atoms with Gasteiger partial charge in [0.2, 0.25) is 12.2 Å². The van der Waals surface area contributed by atoms with Gasteiger partial charge in [-0.15, -0.1) is 0 Å². The summed E-state index contributed by atoms with van der Waals surface area (Å²) >= 11 is 0. The number of methoxy groups -OCH3 is 2. The molecule has 0 aliphatic rings. The highest BCUT2D eigenvalue weighted by Gasteiger charge is 2.11. The summed E-state index contributed by atoms with van der Waals surface area (Å²) in [6.45, 7) is 0. The van der Waals surface area contributed by atoms with Crippen molar-refractivity contribution < 1.29 is 9.47 Å². The Bertz CT molecular complexity index is 287. The smallest absolute Gasteiger partial charge is 0.225 e. The van der Waals surface area contributed by atoms with Gasteiger partial charge in [-0.05, 0) is 6.07 Å². The second-order valence-corrected chi connectivity index (χ2v) is 2.98. The lowest BCUT2D eigenvalue weighted by Gasteiger charge is -2.15. The Labute approximate surface area is 83.7 Å². The molecule has 1 heterocycles. The zero-order valence-corrected chi connectivity index (χ0v) is 8.89. The van der Waals surface area contributed by atoms with Crippen LogP contribution in [0, 0.1) is 0 Å². The molecule has 0 fully saturated rings. The Morgan fingerprint density at radius 3 is 2.43 bits per heavy atom. The lowest BCUT2D eigenvalue weighted by Crippen LogP contribution is -2.15. The lowest BCUT2D eigenvalue weighted by molar-refractivity contribution is -0.108. The zero-order chi connectivity index (χ0) is 10.6. The first-order valence-electron chi connectivity index (χ1n) is 4.25. The Kier molecular flexibility index (Phi) is 3.79. The molecule has 1 rings (SSSR count). The average molecular weight is 197 g/mol. The summed E-state index contributed by atoms with van der Waals surface area (Å²) in [5.74, 6) is 0.640. The van der Waals surface area contributed by atoms with Gasteiger partial charge in [0.25, 0.3) is 0 Å². The number of ether oxygens (including phenoxy) is 2. The minimum Gasteiger partial charge on any atom is -0.350 e. The highest BCUT2D eigenvalue weighted by atomic mass is 16.7. The normalized spacial score (nSPS) is 10.6. The molecule has 0 aliphatic carbocycles. The molecule has 0 radical (unpaired) electrons. The van der Waals surface area contributed by atoms with Gasteiger partial charge in [-0.2, -0.15) is 0 Å². The van der Waals surface area contributed by atoms with Crippen LogP contribution in [-0.2, 0) is 9.47 Å². The Balaban J connectivity index is 2.92. The molecule has 0 bridgehead atoms. The van der Waals surface area contributed by atoms with Crippen molar-refractivity contribution in [3.8, 4) is 0 Å². The van der Waals surface area contributed by atoms with Gasteiger partial charge in [0.1, 0.15) is 5.69 Å². The van der Waals surface area contributed by atoms with Crippen LogP contribution < -0.4 is 4.90 Å². The molecule has 1 aromatic heterocycles. The minimum atomic E-state index is -0.434. The summed E-state index contributed by atoms with van der Waals surface area (Å²) in [5, 5.41) is 0. The van der Waals surface area contributed by atoms with Gasteiger partial charge in [-0.1, -0.05) is 0 Å². The molecule has 0 unspecified atom stereocenters. The molecular formula is C9H15N3O2. The van der Waals surface area contributed by atoms with Crippen LogP contribution in [-0.4, -0.2) is 38.3 Å². The molecule has 0 saturated carbocycles. The van der Waals surface area contributed by atoms with E-state index in [0.717, 1.165) is 0 Å². The number of hydrogen-bond donors (Lipinski definition) is 0. The van der Waals surface area contributed by atoms with E-state index in [-0.39, 0.29) is 0 Å². The number of aromatic nitrogens is 2. The topological polar surface area (TPSA) is 47.5 Å². The first kappa shape index (κ1) is 10.9. The van der Waals surface area contributed by atoms with Crippen LogP contribution in [0.5, 0.6) is 0 Å². The molecule has 0 N–H and O–H groups in total. The predicted octanol–water partition coefficient (Wildman–Crippen LogP) is 0.834. The molecule has 14 heavy (non-hydrogen) atoms. The van der Waals surface area contributed by atoms with Gasteiger partial charge < -0.3 is 14.4 Å². The zero-order valence-electron chi connectivity index (χ0n) is 8.89. The van der Waals surface area contributed by atoms with E-state index in [1.54, 1.807) is 26.5 Å². The Hall–Kier alpha value is -1.20. The predicted molar refractivity (Wildman–Crippen MR) is 53.1 cm³/mol. The van der Waals surface area contributed by atoms with Gasteiger partial charge >= 0.3 is 0 Å². The summed E-state index contributed by atoms with van der Waals surface area (Å²) < 4.78 is 10.2. The van der Waals surface area contributed by atoms with Gasteiger partial charge in [-0.25, -0.2) is 9.97 Å². The molecule has 1 aromatic rings. The summed E-state index contributed by atoms with van der Waals surface area (Å²) in [6.07, 6.45) is 1.25. The van der Waals surface area contributed by atoms with Crippen molar-refractivity contribution in [3.05, 3.63) is 18.0 Å². The van der Waals surface area contributed by atoms with E-state index in [4.69, 9.17) is 9.47 Å². The van der Waals surface area contributed by atoms with Crippen LogP contribution in [0.3, 0.4) is 0 Å².